The van der Waals surface area contributed by atoms with Gasteiger partial charge in [0.1, 0.15) is 6.04 Å². The van der Waals surface area contributed by atoms with E-state index < -0.39 is 17.4 Å². The molecule has 2 rings (SSSR count). The average molecular weight is 408 g/mol. The molecule has 5 atom stereocenters. The van der Waals surface area contributed by atoms with E-state index in [1.165, 1.54) is 6.92 Å². The van der Waals surface area contributed by atoms with Crippen molar-refractivity contribution in [2.45, 2.75) is 66.1 Å². The Balaban J connectivity index is 2.22. The lowest BCUT2D eigenvalue weighted by molar-refractivity contribution is -0.141. The van der Waals surface area contributed by atoms with E-state index in [4.69, 9.17) is 0 Å². The Morgan fingerprint density at radius 1 is 1.24 bits per heavy atom. The molecule has 2 N–H and O–H groups in total. The maximum absolute atomic E-state index is 13.4. The fourth-order valence-electron chi connectivity index (χ4n) is 4.38. The van der Waals surface area contributed by atoms with Gasteiger partial charge in [0.25, 0.3) is 0 Å². The molecule has 164 valence electrons. The van der Waals surface area contributed by atoms with Gasteiger partial charge in [-0.25, -0.2) is 4.79 Å². The van der Waals surface area contributed by atoms with Gasteiger partial charge < -0.3 is 15.3 Å². The van der Waals surface area contributed by atoms with E-state index in [1.807, 2.05) is 41.7 Å². The largest absolute Gasteiger partial charge is 0.478 e. The molecule has 0 aromatic carbocycles. The van der Waals surface area contributed by atoms with Crippen molar-refractivity contribution in [3.63, 3.8) is 0 Å². The number of amides is 2. The smallest absolute Gasteiger partial charge is 0.331 e. The van der Waals surface area contributed by atoms with E-state index >= 15 is 0 Å². The van der Waals surface area contributed by atoms with E-state index in [1.54, 1.807) is 18.0 Å². The van der Waals surface area contributed by atoms with Gasteiger partial charge in [-0.1, -0.05) is 40.7 Å². The van der Waals surface area contributed by atoms with Crippen molar-refractivity contribution in [1.82, 2.24) is 15.1 Å². The van der Waals surface area contributed by atoms with Crippen molar-refractivity contribution < 1.29 is 19.5 Å². The molecule has 1 saturated heterocycles. The molecule has 2 fully saturated rings. The second kappa shape index (κ2) is 8.46. The van der Waals surface area contributed by atoms with E-state index in [2.05, 4.69) is 10.2 Å². The van der Waals surface area contributed by atoms with Crippen LogP contribution < -0.4 is 5.32 Å². The Hall–Kier alpha value is -1.89. The summed E-state index contributed by atoms with van der Waals surface area (Å²) >= 11 is 0. The second-order valence-electron chi connectivity index (χ2n) is 10.2. The SMILES string of the molecule is C/C(=C\[C@H](C(C)C)N(C)C(=O)[C@@H](NC(=O)C1C2CC2CN1C)C(C)(C)C)C(=O)O. The third-order valence-corrected chi connectivity index (χ3v) is 6.28. The van der Waals surface area contributed by atoms with Crippen LogP contribution in [0.4, 0.5) is 0 Å². The van der Waals surface area contributed by atoms with Crippen molar-refractivity contribution in [1.29, 1.82) is 0 Å². The number of likely N-dealkylation sites (N-methyl/N-ethyl adjacent to an activating group) is 2. The van der Waals surface area contributed by atoms with Crippen LogP contribution in [0.1, 0.15) is 48.0 Å². The number of aliphatic carboxylic acids is 1. The summed E-state index contributed by atoms with van der Waals surface area (Å²) in [5, 5.41) is 12.3. The summed E-state index contributed by atoms with van der Waals surface area (Å²) in [7, 11) is 3.65. The van der Waals surface area contributed by atoms with Crippen molar-refractivity contribution in [3.8, 4) is 0 Å². The summed E-state index contributed by atoms with van der Waals surface area (Å²) in [6.45, 7) is 12.2. The van der Waals surface area contributed by atoms with E-state index in [9.17, 15) is 19.5 Å². The zero-order valence-electron chi connectivity index (χ0n) is 19.0. The summed E-state index contributed by atoms with van der Waals surface area (Å²) in [5.74, 6) is -0.248. The number of hydrogen-bond donors (Lipinski definition) is 2. The maximum Gasteiger partial charge on any atom is 0.331 e. The van der Waals surface area contributed by atoms with Gasteiger partial charge in [0, 0.05) is 19.2 Å². The van der Waals surface area contributed by atoms with Gasteiger partial charge in [-0.3, -0.25) is 14.5 Å². The van der Waals surface area contributed by atoms with Crippen LogP contribution >= 0.6 is 0 Å². The molecule has 0 aromatic rings. The molecule has 0 spiro atoms. The number of carboxylic acids is 1. The van der Waals surface area contributed by atoms with Crippen LogP contribution in [-0.2, 0) is 14.4 Å². The number of rotatable bonds is 7. The lowest BCUT2D eigenvalue weighted by atomic mass is 9.84. The van der Waals surface area contributed by atoms with Gasteiger partial charge >= 0.3 is 5.97 Å². The Labute approximate surface area is 174 Å². The van der Waals surface area contributed by atoms with Crippen LogP contribution in [0.25, 0.3) is 0 Å². The molecule has 2 aliphatic rings. The van der Waals surface area contributed by atoms with Gasteiger partial charge in [-0.05, 0) is 43.6 Å². The van der Waals surface area contributed by atoms with Crippen molar-refractivity contribution in [2.75, 3.05) is 20.6 Å². The van der Waals surface area contributed by atoms with Crippen LogP contribution in [0.15, 0.2) is 11.6 Å². The number of carbonyl (C=O) groups excluding carboxylic acids is 2. The molecule has 7 nitrogen and oxygen atoms in total. The molecule has 3 unspecified atom stereocenters. The first-order valence-electron chi connectivity index (χ1n) is 10.4. The molecular formula is C22H37N3O4. The van der Waals surface area contributed by atoms with Crippen molar-refractivity contribution in [2.24, 2.45) is 23.2 Å². The highest BCUT2D eigenvalue weighted by atomic mass is 16.4. The second-order valence-corrected chi connectivity index (χ2v) is 10.2. The fourth-order valence-corrected chi connectivity index (χ4v) is 4.38. The van der Waals surface area contributed by atoms with Crippen molar-refractivity contribution >= 4 is 17.8 Å². The number of carbonyl (C=O) groups is 3. The molecule has 1 aliphatic carbocycles. The van der Waals surface area contributed by atoms with E-state index in [-0.39, 0.29) is 35.4 Å². The van der Waals surface area contributed by atoms with Gasteiger partial charge in [-0.2, -0.15) is 0 Å². The predicted octanol–water partition coefficient (Wildman–Crippen LogP) is 1.98. The van der Waals surface area contributed by atoms with Crippen LogP contribution in [0, 0.1) is 23.2 Å². The molecule has 1 heterocycles. The summed E-state index contributed by atoms with van der Waals surface area (Å²) in [4.78, 5) is 41.4. The first-order chi connectivity index (χ1) is 13.3. The highest BCUT2D eigenvalue weighted by Gasteiger charge is 2.54. The number of carboxylic acid groups (broad SMARTS) is 1. The standard InChI is InChI=1S/C22H37N3O4/c1-12(2)16(9-13(3)21(28)29)25(8)20(27)18(22(4,5)6)23-19(26)17-15-10-14(15)11-24(17)7/h9,12,14-18H,10-11H2,1-8H3,(H,23,26)(H,28,29)/b13-9+/t14?,15?,16-,17?,18-/m1/s1. The number of piperidine rings is 1. The average Bonchev–Trinajstić information content (AvgIpc) is 3.25. The quantitative estimate of drug-likeness (QED) is 0.630. The maximum atomic E-state index is 13.4. The van der Waals surface area contributed by atoms with Gasteiger partial charge in [0.15, 0.2) is 0 Å². The molecule has 1 aliphatic heterocycles. The highest BCUT2D eigenvalue weighted by Crippen LogP contribution is 2.49. The number of likely N-dealkylation sites (tertiary alicyclic amines) is 1. The third-order valence-electron chi connectivity index (χ3n) is 6.28. The zero-order chi connectivity index (χ0) is 22.3. The molecular weight excluding hydrogens is 370 g/mol. The summed E-state index contributed by atoms with van der Waals surface area (Å²) in [6.07, 6.45) is 2.71. The van der Waals surface area contributed by atoms with Gasteiger partial charge in [-0.15, -0.1) is 0 Å². The molecule has 7 heteroatoms. The first-order valence-corrected chi connectivity index (χ1v) is 10.4. The van der Waals surface area contributed by atoms with Crippen LogP contribution in [0.2, 0.25) is 0 Å². The minimum absolute atomic E-state index is 0.0303. The monoisotopic (exact) mass is 407 g/mol. The summed E-state index contributed by atoms with van der Waals surface area (Å²) < 4.78 is 0. The lowest BCUT2D eigenvalue weighted by Gasteiger charge is -2.38. The Bertz CT molecular complexity index is 693. The minimum Gasteiger partial charge on any atom is -0.478 e. The minimum atomic E-state index is -1.000. The predicted molar refractivity (Wildman–Crippen MR) is 112 cm³/mol. The molecule has 1 saturated carbocycles. The summed E-state index contributed by atoms with van der Waals surface area (Å²) in [6, 6.07) is -1.23. The van der Waals surface area contributed by atoms with Crippen LogP contribution in [0.5, 0.6) is 0 Å². The first kappa shape index (κ1) is 23.4. The topological polar surface area (TPSA) is 90.0 Å². The Morgan fingerprint density at radius 3 is 2.24 bits per heavy atom. The third kappa shape index (κ3) is 5.18. The molecule has 0 aromatic heterocycles. The number of fused-ring (bicyclic) bond motifs is 1. The highest BCUT2D eigenvalue weighted by molar-refractivity contribution is 5.91. The lowest BCUT2D eigenvalue weighted by Crippen LogP contribution is -2.59. The number of nitrogens with one attached hydrogen (secondary N) is 1. The summed E-state index contributed by atoms with van der Waals surface area (Å²) in [5.41, 5.74) is -0.277. The van der Waals surface area contributed by atoms with Crippen LogP contribution in [0.3, 0.4) is 0 Å². The van der Waals surface area contributed by atoms with Gasteiger partial charge in [0.2, 0.25) is 11.8 Å². The number of hydrogen-bond acceptors (Lipinski definition) is 4. The molecule has 0 radical (unpaired) electrons. The fraction of sp³-hybridized carbons (Fsp3) is 0.773. The van der Waals surface area contributed by atoms with E-state index in [0.29, 0.717) is 11.8 Å². The zero-order valence-corrected chi connectivity index (χ0v) is 19.0. The Kier molecular flexibility index (Phi) is 6.82. The Morgan fingerprint density at radius 2 is 1.83 bits per heavy atom. The normalized spacial score (nSPS) is 26.7. The van der Waals surface area contributed by atoms with E-state index in [0.717, 1.165) is 13.0 Å². The van der Waals surface area contributed by atoms with Crippen LogP contribution in [-0.4, -0.2) is 71.5 Å². The molecule has 29 heavy (non-hydrogen) atoms. The number of nitrogens with zero attached hydrogens (tertiary/aromatic N) is 2. The molecule has 2 amide bonds. The van der Waals surface area contributed by atoms with Crippen molar-refractivity contribution in [3.05, 3.63) is 11.6 Å². The molecule has 0 bridgehead atoms. The van der Waals surface area contributed by atoms with Gasteiger partial charge in [0.05, 0.1) is 12.1 Å².